The molecule has 7 nitrogen and oxygen atoms in total. The van der Waals surface area contributed by atoms with Crippen molar-refractivity contribution in [2.75, 3.05) is 77.9 Å². The molecule has 3 aromatic carbocycles. The van der Waals surface area contributed by atoms with Gasteiger partial charge in [-0.15, -0.1) is 0 Å². The van der Waals surface area contributed by atoms with Gasteiger partial charge in [-0.3, -0.25) is 4.90 Å². The van der Waals surface area contributed by atoms with Crippen molar-refractivity contribution < 1.29 is 23.5 Å². The summed E-state index contributed by atoms with van der Waals surface area (Å²) in [7, 11) is 3.83. The summed E-state index contributed by atoms with van der Waals surface area (Å²) in [6.45, 7) is 12.2. The van der Waals surface area contributed by atoms with Gasteiger partial charge in [-0.1, -0.05) is 79.8 Å². The monoisotopic (exact) mass is 642 g/mol. The van der Waals surface area contributed by atoms with Crippen LogP contribution in [0.15, 0.2) is 78.9 Å². The maximum atomic E-state index is 6.06. The lowest BCUT2D eigenvalue weighted by Crippen LogP contribution is -2.30. The van der Waals surface area contributed by atoms with E-state index < -0.39 is 0 Å². The molecule has 0 radical (unpaired) electrons. The molecule has 0 saturated heterocycles. The minimum atomic E-state index is 0.542. The van der Waals surface area contributed by atoms with Gasteiger partial charge in [0.2, 0.25) is 5.52 Å². The summed E-state index contributed by atoms with van der Waals surface area (Å²) in [4.78, 5) is 4.85. The highest BCUT2D eigenvalue weighted by molar-refractivity contribution is 7.18. The van der Waals surface area contributed by atoms with E-state index in [1.54, 1.807) is 7.11 Å². The molecule has 0 spiro atoms. The molecule has 1 aliphatic heterocycles. The Bertz CT molecular complexity index is 1590. The number of methoxy groups -OCH3 is 1. The van der Waals surface area contributed by atoms with E-state index in [9.17, 15) is 0 Å². The number of hydrogen-bond acceptors (Lipinski definition) is 7. The summed E-state index contributed by atoms with van der Waals surface area (Å²) in [5.41, 5.74) is 8.57. The average Bonchev–Trinajstić information content (AvgIpc) is 3.41. The van der Waals surface area contributed by atoms with Crippen molar-refractivity contribution >= 4 is 44.6 Å². The number of ether oxygens (including phenoxy) is 4. The lowest BCUT2D eigenvalue weighted by atomic mass is 9.94. The van der Waals surface area contributed by atoms with Crippen molar-refractivity contribution in [1.29, 1.82) is 0 Å². The zero-order valence-electron chi connectivity index (χ0n) is 27.7. The van der Waals surface area contributed by atoms with E-state index >= 15 is 0 Å². The van der Waals surface area contributed by atoms with E-state index in [4.69, 9.17) is 18.9 Å². The van der Waals surface area contributed by atoms with E-state index in [0.717, 1.165) is 26.2 Å². The fourth-order valence-corrected chi connectivity index (χ4v) is 6.79. The molecule has 1 aromatic heterocycles. The van der Waals surface area contributed by atoms with Crippen LogP contribution >= 0.6 is 11.3 Å². The number of hydrogen-bond donors (Lipinski definition) is 0. The zero-order valence-corrected chi connectivity index (χ0v) is 28.6. The molecule has 4 aromatic rings. The number of anilines is 1. The van der Waals surface area contributed by atoms with E-state index in [0.29, 0.717) is 46.2 Å². The number of thiazole rings is 1. The lowest BCUT2D eigenvalue weighted by Gasteiger charge is -2.34. The molecule has 0 aliphatic carbocycles. The Kier molecular flexibility index (Phi) is 12.9. The molecule has 1 aliphatic rings. The third kappa shape index (κ3) is 8.70. The van der Waals surface area contributed by atoms with Crippen LogP contribution in [0.4, 0.5) is 5.69 Å². The third-order valence-electron chi connectivity index (χ3n) is 8.32. The van der Waals surface area contributed by atoms with Crippen LogP contribution in [0.25, 0.3) is 27.6 Å². The first-order chi connectivity index (χ1) is 22.6. The van der Waals surface area contributed by atoms with Crippen molar-refractivity contribution in [1.82, 2.24) is 4.90 Å². The predicted octanol–water partition coefficient (Wildman–Crippen LogP) is 6.67. The highest BCUT2D eigenvalue weighted by atomic mass is 32.1. The standard InChI is InChI=1S/C38H48N3O4S/c1-5-40(6-2)29-30-15-17-31(18-16-30)36-27-32(28-38-39(3)35-13-9-10-14-37(35)46-38)33-11-7-8-12-34(33)41(36)19-20-43-23-24-45-26-25-44-22-21-42-4/h7-18,27-28H,5-6,19-26,29H2,1-4H3/q+1. The fourth-order valence-electron chi connectivity index (χ4n) is 5.69. The van der Waals surface area contributed by atoms with Crippen LogP contribution in [0.3, 0.4) is 0 Å². The van der Waals surface area contributed by atoms with Gasteiger partial charge < -0.3 is 23.8 Å². The highest BCUT2D eigenvalue weighted by Gasteiger charge is 2.25. The molecule has 8 heteroatoms. The second-order valence-corrected chi connectivity index (χ2v) is 12.3. The van der Waals surface area contributed by atoms with Crippen LogP contribution in [-0.4, -0.2) is 77.9 Å². The quantitative estimate of drug-likeness (QED) is 0.0894. The number of aromatic nitrogens is 1. The molecular weight excluding hydrogens is 595 g/mol. The van der Waals surface area contributed by atoms with Crippen LogP contribution in [0.5, 0.6) is 0 Å². The molecule has 0 bridgehead atoms. The van der Waals surface area contributed by atoms with Crippen LogP contribution in [0.2, 0.25) is 0 Å². The first-order valence-electron chi connectivity index (χ1n) is 16.3. The van der Waals surface area contributed by atoms with Gasteiger partial charge in [-0.2, -0.15) is 4.57 Å². The summed E-state index contributed by atoms with van der Waals surface area (Å²) in [5.74, 6) is 0. The Morgan fingerprint density at radius 2 is 1.43 bits per heavy atom. The summed E-state index contributed by atoms with van der Waals surface area (Å²) < 4.78 is 25.8. The number of benzene rings is 3. The molecule has 0 saturated carbocycles. The summed E-state index contributed by atoms with van der Waals surface area (Å²) >= 11 is 1.83. The zero-order chi connectivity index (χ0) is 32.1. The molecule has 5 rings (SSSR count). The van der Waals surface area contributed by atoms with Crippen molar-refractivity contribution in [3.05, 3.63) is 101 Å². The molecular formula is C38H48N3O4S+. The normalized spacial score (nSPS) is 14.0. The summed E-state index contributed by atoms with van der Waals surface area (Å²) in [6, 6.07) is 26.4. The number of nitrogens with zero attached hydrogens (tertiary/aromatic N) is 3. The summed E-state index contributed by atoms with van der Waals surface area (Å²) in [6.07, 6.45) is 4.68. The lowest BCUT2D eigenvalue weighted by molar-refractivity contribution is -0.642. The van der Waals surface area contributed by atoms with Crippen LogP contribution in [0.1, 0.15) is 35.5 Å². The van der Waals surface area contributed by atoms with Crippen molar-refractivity contribution in [3.63, 3.8) is 0 Å². The molecule has 46 heavy (non-hydrogen) atoms. The van der Waals surface area contributed by atoms with E-state index in [2.05, 4.69) is 120 Å². The number of para-hydroxylation sites is 2. The molecule has 2 heterocycles. The second kappa shape index (κ2) is 17.5. The van der Waals surface area contributed by atoms with Crippen molar-refractivity contribution in [3.8, 4) is 0 Å². The SMILES string of the molecule is CCN(CC)Cc1ccc(C2=C/C(=C/c3sc4ccccc4[n+]3C)c3ccccc3N2CCOCCOCCOCCOC)cc1. The van der Waals surface area contributed by atoms with Gasteiger partial charge in [0.25, 0.3) is 5.01 Å². The first-order valence-corrected chi connectivity index (χ1v) is 17.2. The molecule has 0 fully saturated rings. The molecule has 244 valence electrons. The molecule has 0 unspecified atom stereocenters. The second-order valence-electron chi connectivity index (χ2n) is 11.3. The van der Waals surface area contributed by atoms with Gasteiger partial charge >= 0.3 is 0 Å². The van der Waals surface area contributed by atoms with Gasteiger partial charge in [0.15, 0.2) is 0 Å². The van der Waals surface area contributed by atoms with Crippen LogP contribution < -0.4 is 9.47 Å². The number of aryl methyl sites for hydroxylation is 1. The van der Waals surface area contributed by atoms with E-state index in [1.807, 2.05) is 11.3 Å². The average molecular weight is 643 g/mol. The predicted molar refractivity (Wildman–Crippen MR) is 190 cm³/mol. The van der Waals surface area contributed by atoms with Gasteiger partial charge in [0.1, 0.15) is 11.7 Å². The topological polar surface area (TPSA) is 47.3 Å². The van der Waals surface area contributed by atoms with Gasteiger partial charge in [0, 0.05) is 49.3 Å². The smallest absolute Gasteiger partial charge is 0.263 e. The number of fused-ring (bicyclic) bond motifs is 2. The Hall–Kier alpha value is -3.37. The molecule has 0 N–H and O–H groups in total. The number of allylic oxidation sites excluding steroid dienone is 2. The fraction of sp³-hybridized carbons (Fsp3) is 0.395. The summed E-state index contributed by atoms with van der Waals surface area (Å²) in [5, 5.41) is 1.22. The van der Waals surface area contributed by atoms with E-state index in [-0.39, 0.29) is 0 Å². The first kappa shape index (κ1) is 34.0. The largest absolute Gasteiger partial charge is 0.382 e. The van der Waals surface area contributed by atoms with Crippen LogP contribution in [0, 0.1) is 0 Å². The maximum absolute atomic E-state index is 6.06. The molecule has 0 amide bonds. The third-order valence-corrected chi connectivity index (χ3v) is 9.49. The van der Waals surface area contributed by atoms with Gasteiger partial charge in [-0.25, -0.2) is 0 Å². The Labute approximate surface area is 278 Å². The van der Waals surface area contributed by atoms with E-state index in [1.165, 1.54) is 48.9 Å². The van der Waals surface area contributed by atoms with Gasteiger partial charge in [0.05, 0.1) is 46.2 Å². The van der Waals surface area contributed by atoms with Crippen LogP contribution in [-0.2, 0) is 32.5 Å². The van der Waals surface area contributed by atoms with Crippen molar-refractivity contribution in [2.45, 2.75) is 20.4 Å². The van der Waals surface area contributed by atoms with Crippen molar-refractivity contribution in [2.24, 2.45) is 7.05 Å². The molecule has 0 atom stereocenters. The number of rotatable bonds is 18. The van der Waals surface area contributed by atoms with Gasteiger partial charge in [-0.05, 0) is 48.0 Å². The minimum absolute atomic E-state index is 0.542. The maximum Gasteiger partial charge on any atom is 0.263 e. The minimum Gasteiger partial charge on any atom is -0.382 e. The Morgan fingerprint density at radius 1 is 0.783 bits per heavy atom. The Balaban J connectivity index is 1.37. The highest BCUT2D eigenvalue weighted by Crippen LogP contribution is 2.41. The Morgan fingerprint density at radius 3 is 2.13 bits per heavy atom.